The number of amides is 3. The van der Waals surface area contributed by atoms with Crippen LogP contribution < -0.4 is 15.5 Å². The maximum Gasteiger partial charge on any atom is 0.322 e. The highest BCUT2D eigenvalue weighted by Gasteiger charge is 2.30. The van der Waals surface area contributed by atoms with Gasteiger partial charge in [0.2, 0.25) is 0 Å². The molecule has 0 spiro atoms. The summed E-state index contributed by atoms with van der Waals surface area (Å²) in [5, 5.41) is 4.87. The molecule has 20 heavy (non-hydrogen) atoms. The molecule has 1 aromatic rings. The van der Waals surface area contributed by atoms with E-state index < -0.39 is 12.1 Å². The summed E-state index contributed by atoms with van der Waals surface area (Å²) in [6, 6.07) is 6.96. The first-order chi connectivity index (χ1) is 9.74. The summed E-state index contributed by atoms with van der Waals surface area (Å²) in [7, 11) is 0. The molecule has 0 aliphatic carbocycles. The van der Waals surface area contributed by atoms with Crippen LogP contribution in [0.3, 0.4) is 0 Å². The van der Waals surface area contributed by atoms with Gasteiger partial charge in [0.15, 0.2) is 0 Å². The normalized spacial score (nSPS) is 23.2. The fraction of sp³-hybridized carbons (Fsp3) is 0.467. The molecule has 0 aromatic heterocycles. The van der Waals surface area contributed by atoms with Gasteiger partial charge in [0.05, 0.1) is 0 Å². The molecule has 5 nitrogen and oxygen atoms in total. The molecule has 2 saturated heterocycles. The van der Waals surface area contributed by atoms with E-state index in [9.17, 15) is 9.59 Å². The Bertz CT molecular complexity index is 504. The fourth-order valence-corrected chi connectivity index (χ4v) is 2.86. The second-order valence-electron chi connectivity index (χ2n) is 5.39. The van der Waals surface area contributed by atoms with Gasteiger partial charge in [-0.1, -0.05) is 25.0 Å². The highest BCUT2D eigenvalue weighted by Crippen LogP contribution is 2.23. The Morgan fingerprint density at radius 2 is 1.60 bits per heavy atom. The van der Waals surface area contributed by atoms with Gasteiger partial charge < -0.3 is 10.2 Å². The number of nitrogens with zero attached hydrogens (tertiary/aromatic N) is 1. The Balaban J connectivity index is 1.74. The van der Waals surface area contributed by atoms with Crippen LogP contribution >= 0.6 is 0 Å². The van der Waals surface area contributed by atoms with Crippen molar-refractivity contribution in [2.45, 2.75) is 31.7 Å². The number of benzene rings is 1. The quantitative estimate of drug-likeness (QED) is 0.810. The Morgan fingerprint density at radius 3 is 2.15 bits per heavy atom. The van der Waals surface area contributed by atoms with E-state index in [1.54, 1.807) is 0 Å². The Hall–Kier alpha value is -2.04. The van der Waals surface area contributed by atoms with Crippen LogP contribution in [0.4, 0.5) is 10.5 Å². The molecule has 1 aromatic carbocycles. The van der Waals surface area contributed by atoms with Crippen molar-refractivity contribution >= 4 is 17.6 Å². The third kappa shape index (κ3) is 2.61. The summed E-state index contributed by atoms with van der Waals surface area (Å²) < 4.78 is 0. The zero-order chi connectivity index (χ0) is 13.9. The molecule has 1 unspecified atom stereocenters. The lowest BCUT2D eigenvalue weighted by Gasteiger charge is -2.23. The second kappa shape index (κ2) is 5.53. The van der Waals surface area contributed by atoms with Crippen molar-refractivity contribution in [1.82, 2.24) is 10.6 Å². The molecule has 0 bridgehead atoms. The number of imide groups is 1. The maximum atomic E-state index is 11.6. The number of hydrogen-bond acceptors (Lipinski definition) is 3. The van der Waals surface area contributed by atoms with Gasteiger partial charge in [0.1, 0.15) is 6.04 Å². The molecule has 2 aliphatic heterocycles. The second-order valence-corrected chi connectivity index (χ2v) is 5.39. The smallest absolute Gasteiger partial charge is 0.322 e. The lowest BCUT2D eigenvalue weighted by atomic mass is 10.1. The topological polar surface area (TPSA) is 61.4 Å². The van der Waals surface area contributed by atoms with Crippen LogP contribution in [0.25, 0.3) is 0 Å². The zero-order valence-electron chi connectivity index (χ0n) is 11.4. The minimum atomic E-state index is -0.555. The summed E-state index contributed by atoms with van der Waals surface area (Å²) in [4.78, 5) is 25.1. The van der Waals surface area contributed by atoms with E-state index in [1.807, 2.05) is 24.3 Å². The molecular formula is C15H19N3O2. The van der Waals surface area contributed by atoms with Crippen molar-refractivity contribution in [3.63, 3.8) is 0 Å². The van der Waals surface area contributed by atoms with Gasteiger partial charge in [-0.25, -0.2) is 4.79 Å². The highest BCUT2D eigenvalue weighted by molar-refractivity contribution is 6.04. The number of carbonyl (C=O) groups excluding carboxylic acids is 2. The number of anilines is 1. The summed E-state index contributed by atoms with van der Waals surface area (Å²) in [5.41, 5.74) is 2.02. The Kier molecular flexibility index (Phi) is 3.58. The zero-order valence-corrected chi connectivity index (χ0v) is 11.4. The summed E-state index contributed by atoms with van der Waals surface area (Å²) in [5.74, 6) is -0.280. The number of hydrogen-bond donors (Lipinski definition) is 2. The standard InChI is InChI=1S/C15H19N3O2/c19-14-13(16-15(20)17-14)11-5-7-12(8-6-11)18-9-3-1-2-4-10-18/h5-8,13H,1-4,9-10H2,(H2,16,17,19,20). The minimum Gasteiger partial charge on any atom is -0.372 e. The van der Waals surface area contributed by atoms with E-state index in [2.05, 4.69) is 15.5 Å². The van der Waals surface area contributed by atoms with E-state index in [0.29, 0.717) is 0 Å². The van der Waals surface area contributed by atoms with E-state index in [-0.39, 0.29) is 5.91 Å². The number of urea groups is 1. The van der Waals surface area contributed by atoms with E-state index in [0.717, 1.165) is 18.7 Å². The molecule has 106 valence electrons. The molecule has 2 fully saturated rings. The van der Waals surface area contributed by atoms with Gasteiger partial charge in [-0.05, 0) is 30.5 Å². The van der Waals surface area contributed by atoms with Gasteiger partial charge in [0.25, 0.3) is 5.91 Å². The third-order valence-corrected chi connectivity index (χ3v) is 3.97. The largest absolute Gasteiger partial charge is 0.372 e. The average Bonchev–Trinajstić information content (AvgIpc) is 2.68. The van der Waals surface area contributed by atoms with Crippen molar-refractivity contribution in [1.29, 1.82) is 0 Å². The average molecular weight is 273 g/mol. The van der Waals surface area contributed by atoms with E-state index in [4.69, 9.17) is 0 Å². The monoisotopic (exact) mass is 273 g/mol. The van der Waals surface area contributed by atoms with Crippen LogP contribution in [0.1, 0.15) is 37.3 Å². The van der Waals surface area contributed by atoms with Crippen molar-refractivity contribution in [3.8, 4) is 0 Å². The van der Waals surface area contributed by atoms with Gasteiger partial charge in [-0.3, -0.25) is 10.1 Å². The first-order valence-corrected chi connectivity index (χ1v) is 7.20. The van der Waals surface area contributed by atoms with Crippen LogP contribution in [0.2, 0.25) is 0 Å². The van der Waals surface area contributed by atoms with Gasteiger partial charge >= 0.3 is 6.03 Å². The van der Waals surface area contributed by atoms with Crippen molar-refractivity contribution in [2.75, 3.05) is 18.0 Å². The number of nitrogens with one attached hydrogen (secondary N) is 2. The van der Waals surface area contributed by atoms with E-state index in [1.165, 1.54) is 31.4 Å². The molecule has 0 saturated carbocycles. The predicted octanol–water partition coefficient (Wildman–Crippen LogP) is 1.95. The van der Waals surface area contributed by atoms with Crippen molar-refractivity contribution in [2.24, 2.45) is 0 Å². The van der Waals surface area contributed by atoms with Gasteiger partial charge in [-0.15, -0.1) is 0 Å². The summed E-state index contributed by atoms with van der Waals surface area (Å²) >= 11 is 0. The van der Waals surface area contributed by atoms with Crippen LogP contribution in [-0.4, -0.2) is 25.0 Å². The minimum absolute atomic E-state index is 0.280. The van der Waals surface area contributed by atoms with Crippen molar-refractivity contribution in [3.05, 3.63) is 29.8 Å². The van der Waals surface area contributed by atoms with Gasteiger partial charge in [-0.2, -0.15) is 0 Å². The molecule has 5 heteroatoms. The van der Waals surface area contributed by atoms with Crippen LogP contribution in [0.5, 0.6) is 0 Å². The molecule has 3 amide bonds. The number of carbonyl (C=O) groups is 2. The van der Waals surface area contributed by atoms with Crippen LogP contribution in [-0.2, 0) is 4.79 Å². The fourth-order valence-electron chi connectivity index (χ4n) is 2.86. The Labute approximate surface area is 118 Å². The molecular weight excluding hydrogens is 254 g/mol. The molecule has 0 radical (unpaired) electrons. The van der Waals surface area contributed by atoms with Crippen LogP contribution in [0, 0.1) is 0 Å². The summed E-state index contributed by atoms with van der Waals surface area (Å²) in [6.45, 7) is 2.19. The third-order valence-electron chi connectivity index (χ3n) is 3.97. The van der Waals surface area contributed by atoms with Gasteiger partial charge in [0, 0.05) is 18.8 Å². The molecule has 3 rings (SSSR count). The SMILES string of the molecule is O=C1NC(=O)C(c2ccc(N3CCCCCC3)cc2)N1. The van der Waals surface area contributed by atoms with E-state index >= 15 is 0 Å². The Morgan fingerprint density at radius 1 is 0.950 bits per heavy atom. The van der Waals surface area contributed by atoms with Crippen molar-refractivity contribution < 1.29 is 9.59 Å². The first-order valence-electron chi connectivity index (χ1n) is 7.20. The lowest BCUT2D eigenvalue weighted by molar-refractivity contribution is -0.120. The lowest BCUT2D eigenvalue weighted by Crippen LogP contribution is -2.24. The summed E-state index contributed by atoms with van der Waals surface area (Å²) in [6.07, 6.45) is 5.09. The van der Waals surface area contributed by atoms with Crippen LogP contribution in [0.15, 0.2) is 24.3 Å². The number of rotatable bonds is 2. The molecule has 2 heterocycles. The highest BCUT2D eigenvalue weighted by atomic mass is 16.2. The molecule has 2 N–H and O–H groups in total. The maximum absolute atomic E-state index is 11.6. The predicted molar refractivity (Wildman–Crippen MR) is 76.5 cm³/mol. The molecule has 1 atom stereocenters. The molecule has 2 aliphatic rings. The first kappa shape index (κ1) is 13.0.